The van der Waals surface area contributed by atoms with Gasteiger partial charge in [0.05, 0.1) is 20.3 Å². The number of carbonyl (C=O) groups is 1. The summed E-state index contributed by atoms with van der Waals surface area (Å²) >= 11 is 0. The number of hydrogen-bond acceptors (Lipinski definition) is 4. The van der Waals surface area contributed by atoms with Gasteiger partial charge in [0.15, 0.2) is 0 Å². The molecule has 28 heavy (non-hydrogen) atoms. The van der Waals surface area contributed by atoms with Crippen molar-refractivity contribution in [1.82, 2.24) is 10.2 Å². The highest BCUT2D eigenvalue weighted by molar-refractivity contribution is 5.79. The second kappa shape index (κ2) is 9.60. The predicted molar refractivity (Wildman–Crippen MR) is 111 cm³/mol. The molecular weight excluding hydrogens is 352 g/mol. The van der Waals surface area contributed by atoms with Crippen molar-refractivity contribution in [3.8, 4) is 11.5 Å². The van der Waals surface area contributed by atoms with Crippen LogP contribution in [-0.2, 0) is 11.3 Å². The van der Waals surface area contributed by atoms with Gasteiger partial charge in [-0.25, -0.2) is 0 Å². The zero-order chi connectivity index (χ0) is 19.9. The van der Waals surface area contributed by atoms with E-state index in [9.17, 15) is 4.79 Å². The van der Waals surface area contributed by atoms with E-state index >= 15 is 0 Å². The van der Waals surface area contributed by atoms with Crippen LogP contribution in [0.15, 0.2) is 48.5 Å². The number of piperidine rings is 1. The summed E-state index contributed by atoms with van der Waals surface area (Å²) in [6, 6.07) is 16.0. The molecule has 1 N–H and O–H groups in total. The molecule has 0 aromatic heterocycles. The Morgan fingerprint density at radius 1 is 1.11 bits per heavy atom. The van der Waals surface area contributed by atoms with E-state index in [2.05, 4.69) is 22.3 Å². The number of nitrogens with one attached hydrogen (secondary N) is 1. The third-order valence-electron chi connectivity index (χ3n) is 5.50. The maximum absolute atomic E-state index is 12.7. The van der Waals surface area contributed by atoms with Gasteiger partial charge in [-0.1, -0.05) is 30.3 Å². The minimum atomic E-state index is 0.0350. The molecule has 5 nitrogen and oxygen atoms in total. The Morgan fingerprint density at radius 2 is 1.82 bits per heavy atom. The molecule has 1 heterocycles. The largest absolute Gasteiger partial charge is 0.497 e. The van der Waals surface area contributed by atoms with Gasteiger partial charge in [-0.05, 0) is 56.6 Å². The molecule has 0 aliphatic carbocycles. The van der Waals surface area contributed by atoms with Gasteiger partial charge in [-0.15, -0.1) is 0 Å². The summed E-state index contributed by atoms with van der Waals surface area (Å²) in [7, 11) is 3.36. The van der Waals surface area contributed by atoms with Crippen LogP contribution >= 0.6 is 0 Å². The summed E-state index contributed by atoms with van der Waals surface area (Å²) in [5.41, 5.74) is 2.25. The Labute approximate surface area is 167 Å². The van der Waals surface area contributed by atoms with Crippen LogP contribution in [0, 0.1) is 5.92 Å². The Morgan fingerprint density at radius 3 is 2.46 bits per heavy atom. The standard InChI is InChI=1S/C23H30N2O3/c1-17(18-7-5-4-6-8-18)24-23(26)19-11-13-25(14-12-19)16-20-15-21(27-2)9-10-22(20)28-3/h4-10,15,17,19H,11-14,16H2,1-3H3,(H,24,26)/t17-/m0/s1. The van der Waals surface area contributed by atoms with Crippen LogP contribution in [0.4, 0.5) is 0 Å². The average Bonchev–Trinajstić information content (AvgIpc) is 2.74. The summed E-state index contributed by atoms with van der Waals surface area (Å²) in [6.07, 6.45) is 1.75. The SMILES string of the molecule is COc1ccc(OC)c(CN2CCC(C(=O)N[C@@H](C)c3ccccc3)CC2)c1. The van der Waals surface area contributed by atoms with E-state index in [4.69, 9.17) is 9.47 Å². The molecule has 2 aromatic rings. The van der Waals surface area contributed by atoms with Crippen molar-refractivity contribution in [2.24, 2.45) is 5.92 Å². The average molecular weight is 383 g/mol. The van der Waals surface area contributed by atoms with Crippen molar-refractivity contribution in [1.29, 1.82) is 0 Å². The molecule has 0 spiro atoms. The van der Waals surface area contributed by atoms with Crippen LogP contribution in [-0.4, -0.2) is 38.1 Å². The second-order valence-electron chi connectivity index (χ2n) is 7.37. The monoisotopic (exact) mass is 382 g/mol. The molecule has 1 saturated heterocycles. The fraction of sp³-hybridized carbons (Fsp3) is 0.435. The first kappa shape index (κ1) is 20.2. The summed E-state index contributed by atoms with van der Waals surface area (Å²) in [5.74, 6) is 1.95. The molecule has 1 aliphatic heterocycles. The van der Waals surface area contributed by atoms with Gasteiger partial charge in [0.25, 0.3) is 0 Å². The summed E-state index contributed by atoms with van der Waals surface area (Å²) in [4.78, 5) is 15.0. The van der Waals surface area contributed by atoms with Crippen molar-refractivity contribution < 1.29 is 14.3 Å². The van der Waals surface area contributed by atoms with Gasteiger partial charge >= 0.3 is 0 Å². The van der Waals surface area contributed by atoms with E-state index < -0.39 is 0 Å². The highest BCUT2D eigenvalue weighted by Gasteiger charge is 2.26. The number of rotatable bonds is 7. The molecule has 150 valence electrons. The number of ether oxygens (including phenoxy) is 2. The van der Waals surface area contributed by atoms with Crippen molar-refractivity contribution >= 4 is 5.91 Å². The van der Waals surface area contributed by atoms with E-state index in [1.807, 2.05) is 43.3 Å². The van der Waals surface area contributed by atoms with Gasteiger partial charge in [0.1, 0.15) is 11.5 Å². The maximum Gasteiger partial charge on any atom is 0.223 e. The van der Waals surface area contributed by atoms with Crippen LogP contribution in [0.1, 0.15) is 36.9 Å². The molecule has 3 rings (SSSR count). The smallest absolute Gasteiger partial charge is 0.223 e. The summed E-state index contributed by atoms with van der Waals surface area (Å²) in [6.45, 7) is 4.64. The number of amides is 1. The highest BCUT2D eigenvalue weighted by Crippen LogP contribution is 2.27. The number of methoxy groups -OCH3 is 2. The third kappa shape index (κ3) is 5.04. The van der Waals surface area contributed by atoms with E-state index in [1.54, 1.807) is 14.2 Å². The second-order valence-corrected chi connectivity index (χ2v) is 7.37. The molecule has 0 bridgehead atoms. The first-order valence-corrected chi connectivity index (χ1v) is 9.89. The molecule has 1 aliphatic rings. The summed E-state index contributed by atoms with van der Waals surface area (Å²) in [5, 5.41) is 3.17. The Hall–Kier alpha value is -2.53. The fourth-order valence-electron chi connectivity index (χ4n) is 3.76. The lowest BCUT2D eigenvalue weighted by atomic mass is 9.94. The van der Waals surface area contributed by atoms with E-state index in [-0.39, 0.29) is 17.9 Å². The minimum Gasteiger partial charge on any atom is -0.497 e. The molecule has 1 atom stereocenters. The quantitative estimate of drug-likeness (QED) is 0.792. The van der Waals surface area contributed by atoms with Crippen LogP contribution in [0.2, 0.25) is 0 Å². The Balaban J connectivity index is 1.52. The lowest BCUT2D eigenvalue weighted by Crippen LogP contribution is -2.40. The molecule has 0 saturated carbocycles. The molecule has 1 fully saturated rings. The van der Waals surface area contributed by atoms with Crippen molar-refractivity contribution in [3.05, 3.63) is 59.7 Å². The highest BCUT2D eigenvalue weighted by atomic mass is 16.5. The lowest BCUT2D eigenvalue weighted by Gasteiger charge is -2.32. The van der Waals surface area contributed by atoms with Crippen molar-refractivity contribution in [3.63, 3.8) is 0 Å². The fourth-order valence-corrected chi connectivity index (χ4v) is 3.76. The van der Waals surface area contributed by atoms with Gasteiger partial charge in [0.2, 0.25) is 5.91 Å². The van der Waals surface area contributed by atoms with Crippen LogP contribution in [0.3, 0.4) is 0 Å². The topological polar surface area (TPSA) is 50.8 Å². The number of likely N-dealkylation sites (tertiary alicyclic amines) is 1. The van der Waals surface area contributed by atoms with E-state index in [0.717, 1.165) is 55.1 Å². The molecule has 0 unspecified atom stereocenters. The number of benzene rings is 2. The van der Waals surface area contributed by atoms with Gasteiger partial charge in [0, 0.05) is 18.0 Å². The van der Waals surface area contributed by atoms with Gasteiger partial charge in [-0.2, -0.15) is 0 Å². The van der Waals surface area contributed by atoms with Gasteiger partial charge < -0.3 is 14.8 Å². The minimum absolute atomic E-state index is 0.0350. The normalized spacial score (nSPS) is 16.4. The van der Waals surface area contributed by atoms with Crippen molar-refractivity contribution in [2.45, 2.75) is 32.4 Å². The Bertz CT molecular complexity index is 771. The molecule has 1 amide bonds. The Kier molecular flexibility index (Phi) is 6.93. The number of carbonyl (C=O) groups excluding carboxylic acids is 1. The predicted octanol–water partition coefficient (Wildman–Crippen LogP) is 3.79. The molecule has 5 heteroatoms. The van der Waals surface area contributed by atoms with Crippen LogP contribution in [0.25, 0.3) is 0 Å². The first-order valence-electron chi connectivity index (χ1n) is 9.89. The van der Waals surface area contributed by atoms with E-state index in [0.29, 0.717) is 0 Å². The van der Waals surface area contributed by atoms with Gasteiger partial charge in [-0.3, -0.25) is 9.69 Å². The lowest BCUT2D eigenvalue weighted by molar-refractivity contribution is -0.127. The summed E-state index contributed by atoms with van der Waals surface area (Å²) < 4.78 is 10.8. The number of hydrogen-bond donors (Lipinski definition) is 1. The molecular formula is C23H30N2O3. The molecule has 2 aromatic carbocycles. The number of nitrogens with zero attached hydrogens (tertiary/aromatic N) is 1. The van der Waals surface area contributed by atoms with Crippen LogP contribution < -0.4 is 14.8 Å². The van der Waals surface area contributed by atoms with E-state index in [1.165, 1.54) is 0 Å². The van der Waals surface area contributed by atoms with Crippen molar-refractivity contribution in [2.75, 3.05) is 27.3 Å². The van der Waals surface area contributed by atoms with Crippen LogP contribution in [0.5, 0.6) is 11.5 Å². The first-order chi connectivity index (χ1) is 13.6. The zero-order valence-electron chi connectivity index (χ0n) is 17.0. The molecule has 0 radical (unpaired) electrons. The third-order valence-corrected chi connectivity index (χ3v) is 5.50. The zero-order valence-corrected chi connectivity index (χ0v) is 17.0. The maximum atomic E-state index is 12.7.